The van der Waals surface area contributed by atoms with Gasteiger partial charge in [-0.1, -0.05) is 237 Å². The Kier molecular flexibility index (Phi) is 12.1. The first-order valence-corrected chi connectivity index (χ1v) is 26.4. The molecule has 7 nitrogen and oxygen atoms in total. The van der Waals surface area contributed by atoms with E-state index in [0.717, 1.165) is 105 Å². The number of hydrogen-bond donors (Lipinski definition) is 0. The summed E-state index contributed by atoms with van der Waals surface area (Å²) in [5, 5.41) is 2.23. The maximum atomic E-state index is 5.17. The molecule has 0 saturated carbocycles. The first-order chi connectivity index (χ1) is 39.1. The van der Waals surface area contributed by atoms with Gasteiger partial charge in [-0.15, -0.1) is 0 Å². The summed E-state index contributed by atoms with van der Waals surface area (Å²) in [6, 6.07) is 99.4. The van der Waals surface area contributed by atoms with Crippen molar-refractivity contribution in [1.29, 1.82) is 0 Å². The number of hydrogen-bond acceptors (Lipinski definition) is 6. The van der Waals surface area contributed by atoms with E-state index in [1.807, 2.05) is 121 Å². The molecule has 0 atom stereocenters. The molecule has 0 bridgehead atoms. The molecule has 0 unspecified atom stereocenters. The summed E-state index contributed by atoms with van der Waals surface area (Å²) >= 11 is 0. The Bertz CT molecular complexity index is 4110. The number of rotatable bonds is 11. The maximum absolute atomic E-state index is 5.17. The van der Waals surface area contributed by atoms with E-state index in [9.17, 15) is 0 Å². The van der Waals surface area contributed by atoms with E-state index in [4.69, 9.17) is 29.9 Å². The fraction of sp³-hybridized carbons (Fsp3) is 0. The Morgan fingerprint density at radius 2 is 0.443 bits per heavy atom. The number of benzene rings is 11. The summed E-state index contributed by atoms with van der Waals surface area (Å²) in [6.07, 6.45) is 0. The highest BCUT2D eigenvalue weighted by atomic mass is 15.0. The van der Waals surface area contributed by atoms with Crippen molar-refractivity contribution < 1.29 is 0 Å². The van der Waals surface area contributed by atoms with Gasteiger partial charge in [0.1, 0.15) is 0 Å². The summed E-state index contributed by atoms with van der Waals surface area (Å²) in [6.45, 7) is 0. The Labute approximate surface area is 457 Å². The Balaban J connectivity index is 1.04. The van der Waals surface area contributed by atoms with Gasteiger partial charge in [0, 0.05) is 61.0 Å². The zero-order valence-electron chi connectivity index (χ0n) is 42.8. The summed E-state index contributed by atoms with van der Waals surface area (Å²) in [7, 11) is 0. The van der Waals surface area contributed by atoms with Crippen LogP contribution in [0.1, 0.15) is 0 Å². The minimum Gasteiger partial charge on any atom is -0.308 e. The normalized spacial score (nSPS) is 11.3. The van der Waals surface area contributed by atoms with Crippen molar-refractivity contribution in [2.75, 3.05) is 0 Å². The van der Waals surface area contributed by atoms with Crippen LogP contribution in [-0.2, 0) is 0 Å². The average Bonchev–Trinajstić information content (AvgIpc) is 3.74. The third kappa shape index (κ3) is 9.11. The monoisotopic (exact) mass is 1010 g/mol. The topological polar surface area (TPSA) is 82.3 Å². The van der Waals surface area contributed by atoms with Gasteiger partial charge in [0.25, 0.3) is 0 Å². The molecule has 3 heterocycles. The van der Waals surface area contributed by atoms with Crippen molar-refractivity contribution in [2.24, 2.45) is 0 Å². The Hall–Kier alpha value is -10.8. The molecule has 7 heteroatoms. The fourth-order valence-corrected chi connectivity index (χ4v) is 10.7. The molecule has 0 aliphatic carbocycles. The van der Waals surface area contributed by atoms with E-state index in [1.54, 1.807) is 0 Å². The van der Waals surface area contributed by atoms with Crippen LogP contribution in [0, 0.1) is 0 Å². The van der Waals surface area contributed by atoms with Crippen molar-refractivity contribution in [3.8, 4) is 119 Å². The van der Waals surface area contributed by atoms with Crippen molar-refractivity contribution in [3.63, 3.8) is 0 Å². The van der Waals surface area contributed by atoms with Gasteiger partial charge >= 0.3 is 0 Å². The molecule has 0 saturated heterocycles. The molecular formula is C72H47N7. The highest BCUT2D eigenvalue weighted by molar-refractivity contribution is 6.19. The van der Waals surface area contributed by atoms with E-state index >= 15 is 0 Å². The highest BCUT2D eigenvalue weighted by Gasteiger charge is 2.24. The summed E-state index contributed by atoms with van der Waals surface area (Å²) < 4.78 is 2.46. The van der Waals surface area contributed by atoms with Gasteiger partial charge in [0.15, 0.2) is 34.9 Å². The van der Waals surface area contributed by atoms with E-state index in [-0.39, 0.29) is 0 Å². The van der Waals surface area contributed by atoms with Gasteiger partial charge in [0.2, 0.25) is 0 Å². The van der Waals surface area contributed by atoms with Crippen LogP contribution in [0.25, 0.3) is 140 Å². The van der Waals surface area contributed by atoms with Crippen LogP contribution in [-0.4, -0.2) is 34.5 Å². The highest BCUT2D eigenvalue weighted by Crippen LogP contribution is 2.47. The minimum atomic E-state index is 0.591. The quantitative estimate of drug-likeness (QED) is 0.128. The van der Waals surface area contributed by atoms with Crippen LogP contribution in [0.4, 0.5) is 0 Å². The number of aromatic nitrogens is 7. The maximum Gasteiger partial charge on any atom is 0.164 e. The number of nitrogens with zero attached hydrogens (tertiary/aromatic N) is 7. The first-order valence-electron chi connectivity index (χ1n) is 26.4. The van der Waals surface area contributed by atoms with Gasteiger partial charge in [-0.2, -0.15) is 0 Å². The van der Waals surface area contributed by atoms with Gasteiger partial charge in [-0.05, 0) is 81.9 Å². The average molecular weight is 1010 g/mol. The zero-order valence-corrected chi connectivity index (χ0v) is 42.8. The molecule has 79 heavy (non-hydrogen) atoms. The SMILES string of the molecule is c1ccc(-c2cc(-c3cccc(-c4nc(-c5ccccc5)nc(-c5ccccc5)n4)c3)c3c(c2)c2cc(-c4ccccc4)cc(-c4cccc(-c5nc(-c6ccccc6)nc(-c6ccccc6)n5)c4)c2n3-c2ccccc2)cc1. The lowest BCUT2D eigenvalue weighted by atomic mass is 9.92. The Morgan fingerprint density at radius 3 is 0.759 bits per heavy atom. The van der Waals surface area contributed by atoms with Gasteiger partial charge in [0.05, 0.1) is 11.0 Å². The summed E-state index contributed by atoms with van der Waals surface area (Å²) in [5.74, 6) is 3.63. The van der Waals surface area contributed by atoms with Gasteiger partial charge < -0.3 is 4.57 Å². The van der Waals surface area contributed by atoms with Crippen LogP contribution in [0.5, 0.6) is 0 Å². The van der Waals surface area contributed by atoms with Crippen molar-refractivity contribution in [1.82, 2.24) is 34.5 Å². The predicted octanol–water partition coefficient (Wildman–Crippen LogP) is 17.8. The molecule has 14 aromatic rings. The minimum absolute atomic E-state index is 0.591. The van der Waals surface area contributed by atoms with Crippen LogP contribution < -0.4 is 0 Å². The molecule has 11 aromatic carbocycles. The molecular weight excluding hydrogens is 963 g/mol. The predicted molar refractivity (Wildman–Crippen MR) is 322 cm³/mol. The van der Waals surface area contributed by atoms with Crippen molar-refractivity contribution in [2.45, 2.75) is 0 Å². The lowest BCUT2D eigenvalue weighted by Crippen LogP contribution is -2.01. The molecule has 0 spiro atoms. The smallest absolute Gasteiger partial charge is 0.164 e. The second-order valence-corrected chi connectivity index (χ2v) is 19.5. The molecule has 0 N–H and O–H groups in total. The lowest BCUT2D eigenvalue weighted by Gasteiger charge is -2.16. The van der Waals surface area contributed by atoms with Crippen LogP contribution in [0.15, 0.2) is 285 Å². The molecule has 0 aliphatic rings. The largest absolute Gasteiger partial charge is 0.308 e. The van der Waals surface area contributed by atoms with E-state index < -0.39 is 0 Å². The Morgan fingerprint density at radius 1 is 0.190 bits per heavy atom. The van der Waals surface area contributed by atoms with Crippen molar-refractivity contribution >= 4 is 21.8 Å². The standard InChI is InChI=1S/C72H47N7/c1-8-24-48(25-9-1)58-44-61(54-36-22-38-56(42-54)71-75-67(50-28-12-3-13-29-50)73-68(76-71)51-30-14-4-15-31-51)65-63(46-58)64-47-59(49-26-10-2-11-27-49)45-62(66(64)79(65)60-40-20-7-21-41-60)55-37-23-39-57(43-55)72-77-69(52-32-16-5-17-33-52)74-70(78-72)53-34-18-6-19-35-53/h1-47H. The second-order valence-electron chi connectivity index (χ2n) is 19.5. The van der Waals surface area contributed by atoms with E-state index in [1.165, 1.54) is 0 Å². The molecule has 0 amide bonds. The third-order valence-electron chi connectivity index (χ3n) is 14.4. The molecule has 3 aromatic heterocycles. The zero-order chi connectivity index (χ0) is 52.5. The van der Waals surface area contributed by atoms with Crippen LogP contribution in [0.2, 0.25) is 0 Å². The van der Waals surface area contributed by atoms with E-state index in [0.29, 0.717) is 34.9 Å². The molecule has 0 radical (unpaired) electrons. The van der Waals surface area contributed by atoms with E-state index in [2.05, 4.69) is 168 Å². The van der Waals surface area contributed by atoms with Crippen LogP contribution in [0.3, 0.4) is 0 Å². The molecule has 0 fully saturated rings. The second kappa shape index (κ2) is 20.4. The van der Waals surface area contributed by atoms with Crippen molar-refractivity contribution in [3.05, 3.63) is 285 Å². The fourth-order valence-electron chi connectivity index (χ4n) is 10.7. The lowest BCUT2D eigenvalue weighted by molar-refractivity contribution is 1.07. The summed E-state index contributed by atoms with van der Waals surface area (Å²) in [4.78, 5) is 30.7. The van der Waals surface area contributed by atoms with Crippen LogP contribution >= 0.6 is 0 Å². The summed E-state index contributed by atoms with van der Waals surface area (Å²) in [5.41, 5.74) is 17.2. The van der Waals surface area contributed by atoms with Gasteiger partial charge in [-0.25, -0.2) is 29.9 Å². The first kappa shape index (κ1) is 46.7. The molecule has 14 rings (SSSR count). The number of para-hydroxylation sites is 1. The number of fused-ring (bicyclic) bond motifs is 3. The third-order valence-corrected chi connectivity index (χ3v) is 14.4. The van der Waals surface area contributed by atoms with Gasteiger partial charge in [-0.3, -0.25) is 0 Å². The molecule has 370 valence electrons. The molecule has 0 aliphatic heterocycles.